The maximum atomic E-state index is 11.6. The van der Waals surface area contributed by atoms with Crippen molar-refractivity contribution in [2.45, 2.75) is 13.5 Å². The Morgan fingerprint density at radius 2 is 2.32 bits per heavy atom. The average Bonchev–Trinajstić information content (AvgIpc) is 2.90. The molecule has 2 rings (SSSR count). The Hall–Kier alpha value is -2.22. The van der Waals surface area contributed by atoms with E-state index < -0.39 is 0 Å². The van der Waals surface area contributed by atoms with E-state index in [0.717, 1.165) is 29.7 Å². The smallest absolute Gasteiger partial charge is 0.320 e. The van der Waals surface area contributed by atoms with Gasteiger partial charge >= 0.3 is 6.03 Å². The molecule has 3 N–H and O–H groups in total. The van der Waals surface area contributed by atoms with Crippen molar-refractivity contribution in [2.75, 3.05) is 17.2 Å². The Bertz CT molecular complexity index is 530. The number of hydrogen-bond acceptors (Lipinski definition) is 6. The number of amides is 2. The van der Waals surface area contributed by atoms with Gasteiger partial charge in [0.05, 0.1) is 17.9 Å². The molecule has 0 unspecified atom stereocenters. The van der Waals surface area contributed by atoms with Gasteiger partial charge in [-0.25, -0.2) is 9.78 Å². The monoisotopic (exact) mass is 278 g/mol. The van der Waals surface area contributed by atoms with Gasteiger partial charge in [0.25, 0.3) is 0 Å². The molecule has 0 aromatic carbocycles. The Balaban J connectivity index is 1.84. The predicted octanol–water partition coefficient (Wildman–Crippen LogP) is 1.69. The van der Waals surface area contributed by atoms with Crippen molar-refractivity contribution in [1.29, 1.82) is 0 Å². The van der Waals surface area contributed by atoms with Crippen molar-refractivity contribution in [3.63, 3.8) is 0 Å². The van der Waals surface area contributed by atoms with Crippen LogP contribution < -0.4 is 16.0 Å². The minimum absolute atomic E-state index is 0.311. The first-order valence-electron chi connectivity index (χ1n) is 5.79. The molecular weight excluding hydrogens is 264 g/mol. The highest BCUT2D eigenvalue weighted by atomic mass is 32.1. The first-order valence-corrected chi connectivity index (χ1v) is 6.52. The Morgan fingerprint density at radius 1 is 1.42 bits per heavy atom. The lowest BCUT2D eigenvalue weighted by molar-refractivity contribution is 0.251. The van der Waals surface area contributed by atoms with E-state index in [9.17, 15) is 4.79 Å². The van der Waals surface area contributed by atoms with Gasteiger partial charge in [-0.3, -0.25) is 5.32 Å². The Kier molecular flexibility index (Phi) is 4.62. The van der Waals surface area contributed by atoms with Crippen LogP contribution in [0.25, 0.3) is 0 Å². The minimum atomic E-state index is -0.311. The van der Waals surface area contributed by atoms with E-state index in [0.29, 0.717) is 12.4 Å². The highest BCUT2D eigenvalue weighted by Gasteiger charge is 2.04. The number of hydrogen-bond donors (Lipinski definition) is 3. The summed E-state index contributed by atoms with van der Waals surface area (Å²) in [6, 6.07) is 3.44. The second-order valence-corrected chi connectivity index (χ2v) is 4.24. The molecule has 2 heterocycles. The number of nitrogens with one attached hydrogen (secondary N) is 3. The van der Waals surface area contributed by atoms with Gasteiger partial charge in [-0.15, -0.1) is 0 Å². The van der Waals surface area contributed by atoms with Crippen LogP contribution in [0.2, 0.25) is 0 Å². The summed E-state index contributed by atoms with van der Waals surface area (Å²) in [5.41, 5.74) is 0.970. The second-order valence-electron chi connectivity index (χ2n) is 3.68. The van der Waals surface area contributed by atoms with Gasteiger partial charge in [0.2, 0.25) is 0 Å². The number of pyridine rings is 1. The van der Waals surface area contributed by atoms with Crippen LogP contribution in [0.5, 0.6) is 0 Å². The fraction of sp³-hybridized carbons (Fsp3) is 0.273. The lowest BCUT2D eigenvalue weighted by Gasteiger charge is -2.07. The summed E-state index contributed by atoms with van der Waals surface area (Å²) >= 11 is 1.04. The molecule has 0 aliphatic heterocycles. The third-order valence-electron chi connectivity index (χ3n) is 2.24. The van der Waals surface area contributed by atoms with Crippen LogP contribution >= 0.6 is 11.7 Å². The number of aromatic nitrogens is 3. The standard InChI is InChI=1S/C11H14N6OS/c1-2-12-9-5-8(3-4-13-9)6-14-11(18)16-10-7-15-19-17-10/h3-5,7H,2,6H2,1H3,(H,12,13)(H2,14,16,17,18). The number of nitrogens with zero attached hydrogens (tertiary/aromatic N) is 3. The lowest BCUT2D eigenvalue weighted by atomic mass is 10.2. The van der Waals surface area contributed by atoms with E-state index in [1.165, 1.54) is 6.20 Å². The Morgan fingerprint density at radius 3 is 3.05 bits per heavy atom. The first kappa shape index (κ1) is 13.2. The molecule has 2 aromatic heterocycles. The van der Waals surface area contributed by atoms with Crippen LogP contribution in [0.15, 0.2) is 24.5 Å². The van der Waals surface area contributed by atoms with E-state index in [1.54, 1.807) is 6.20 Å². The number of anilines is 2. The van der Waals surface area contributed by atoms with Crippen LogP contribution in [0, 0.1) is 0 Å². The van der Waals surface area contributed by atoms with Gasteiger partial charge in [0.15, 0.2) is 5.82 Å². The number of carbonyl (C=O) groups is 1. The molecule has 0 aliphatic carbocycles. The molecule has 7 nitrogen and oxygen atoms in total. The molecule has 0 atom stereocenters. The molecule has 0 radical (unpaired) electrons. The van der Waals surface area contributed by atoms with Gasteiger partial charge < -0.3 is 10.6 Å². The Labute approximate surface area is 114 Å². The summed E-state index contributed by atoms with van der Waals surface area (Å²) in [6.07, 6.45) is 3.21. The highest BCUT2D eigenvalue weighted by Crippen LogP contribution is 2.06. The summed E-state index contributed by atoms with van der Waals surface area (Å²) < 4.78 is 7.69. The third kappa shape index (κ3) is 4.18. The van der Waals surface area contributed by atoms with Crippen molar-refractivity contribution in [2.24, 2.45) is 0 Å². The van der Waals surface area contributed by atoms with E-state index >= 15 is 0 Å². The zero-order chi connectivity index (χ0) is 13.5. The van der Waals surface area contributed by atoms with Crippen LogP contribution in [0.4, 0.5) is 16.4 Å². The minimum Gasteiger partial charge on any atom is -0.370 e. The van der Waals surface area contributed by atoms with E-state index in [-0.39, 0.29) is 6.03 Å². The largest absolute Gasteiger partial charge is 0.370 e. The molecule has 0 spiro atoms. The van der Waals surface area contributed by atoms with E-state index in [4.69, 9.17) is 0 Å². The summed E-state index contributed by atoms with van der Waals surface area (Å²) in [4.78, 5) is 15.7. The molecule has 8 heteroatoms. The van der Waals surface area contributed by atoms with Gasteiger partial charge in [0, 0.05) is 19.3 Å². The van der Waals surface area contributed by atoms with Crippen molar-refractivity contribution < 1.29 is 4.79 Å². The van der Waals surface area contributed by atoms with Gasteiger partial charge in [-0.2, -0.15) is 8.75 Å². The molecule has 0 saturated carbocycles. The first-order chi connectivity index (χ1) is 9.28. The molecule has 100 valence electrons. The molecule has 19 heavy (non-hydrogen) atoms. The van der Waals surface area contributed by atoms with Gasteiger partial charge in [-0.05, 0) is 24.6 Å². The molecule has 0 aliphatic rings. The summed E-state index contributed by atoms with van der Waals surface area (Å²) in [5, 5.41) is 8.44. The summed E-state index contributed by atoms with van der Waals surface area (Å²) in [6.45, 7) is 3.23. The van der Waals surface area contributed by atoms with Crippen molar-refractivity contribution in [3.8, 4) is 0 Å². The maximum Gasteiger partial charge on any atom is 0.320 e. The van der Waals surface area contributed by atoms with Crippen molar-refractivity contribution in [3.05, 3.63) is 30.1 Å². The SMILES string of the molecule is CCNc1cc(CNC(=O)Nc2cnsn2)ccn1. The summed E-state index contributed by atoms with van der Waals surface area (Å²) in [7, 11) is 0. The molecule has 2 amide bonds. The molecule has 0 saturated heterocycles. The van der Waals surface area contributed by atoms with E-state index in [1.807, 2.05) is 19.1 Å². The maximum absolute atomic E-state index is 11.6. The third-order valence-corrected chi connectivity index (χ3v) is 2.72. The van der Waals surface area contributed by atoms with Gasteiger partial charge in [-0.1, -0.05) is 0 Å². The highest BCUT2D eigenvalue weighted by molar-refractivity contribution is 6.99. The van der Waals surface area contributed by atoms with Crippen LogP contribution in [0.1, 0.15) is 12.5 Å². The predicted molar refractivity (Wildman–Crippen MR) is 74.2 cm³/mol. The fourth-order valence-corrected chi connectivity index (χ4v) is 1.80. The topological polar surface area (TPSA) is 91.8 Å². The average molecular weight is 278 g/mol. The van der Waals surface area contributed by atoms with E-state index in [2.05, 4.69) is 29.7 Å². The van der Waals surface area contributed by atoms with Crippen LogP contribution in [-0.2, 0) is 6.54 Å². The second kappa shape index (κ2) is 6.64. The molecule has 0 fully saturated rings. The van der Waals surface area contributed by atoms with Crippen LogP contribution in [-0.4, -0.2) is 26.3 Å². The quantitative estimate of drug-likeness (QED) is 0.774. The molecule has 0 bridgehead atoms. The molecular formula is C11H14N6OS. The normalized spacial score (nSPS) is 9.95. The number of carbonyl (C=O) groups excluding carboxylic acids is 1. The molecule has 2 aromatic rings. The summed E-state index contributed by atoms with van der Waals surface area (Å²) in [5.74, 6) is 1.25. The van der Waals surface area contributed by atoms with Crippen molar-refractivity contribution >= 4 is 29.4 Å². The lowest BCUT2D eigenvalue weighted by Crippen LogP contribution is -2.28. The van der Waals surface area contributed by atoms with Crippen molar-refractivity contribution in [1.82, 2.24) is 19.0 Å². The van der Waals surface area contributed by atoms with Gasteiger partial charge in [0.1, 0.15) is 5.82 Å². The number of urea groups is 1. The number of rotatable bonds is 5. The zero-order valence-electron chi connectivity index (χ0n) is 10.4. The zero-order valence-corrected chi connectivity index (χ0v) is 11.2. The fourth-order valence-electron chi connectivity index (χ4n) is 1.42. The van der Waals surface area contributed by atoms with Crippen LogP contribution in [0.3, 0.4) is 0 Å².